The van der Waals surface area contributed by atoms with Crippen LogP contribution in [0, 0.1) is 0 Å². The van der Waals surface area contributed by atoms with Gasteiger partial charge in [0.2, 0.25) is 0 Å². The van der Waals surface area contributed by atoms with Gasteiger partial charge in [-0.05, 0) is 423 Å². The average Bonchev–Trinajstić information content (AvgIpc) is 1.53. The molecular weight excluding hydrogens is 1760 g/mol. The predicted molar refractivity (Wildman–Crippen MR) is 607 cm³/mol. The molecule has 0 unspecified atom stereocenters. The fraction of sp³-hybridized carbons (Fsp3) is 0.559. The molecule has 9 aliphatic rings. The number of nitrogens with zero attached hydrogens (tertiary/aromatic N) is 2. The highest BCUT2D eigenvalue weighted by atomic mass is 16.3. The average molecular weight is 1940 g/mol. The third kappa shape index (κ3) is 14.5. The summed E-state index contributed by atoms with van der Waals surface area (Å²) in [4.78, 5) is 4.29. The Morgan fingerprint density at radius 3 is 0.458 bits per heavy atom. The summed E-state index contributed by atoms with van der Waals surface area (Å²) in [5.41, 5.74) is 38.5. The van der Waals surface area contributed by atoms with E-state index in [0.29, 0.717) is 11.4 Å². The summed E-state index contributed by atoms with van der Waals surface area (Å²) in [6.07, 6.45) is 23.1. The third-order valence-electron chi connectivity index (χ3n) is 42.9. The Hall–Kier alpha value is -9.08. The van der Waals surface area contributed by atoms with E-state index in [0.717, 1.165) is 177 Å². The number of aliphatic hydroxyl groups excluding tert-OH is 2. The lowest BCUT2D eigenvalue weighted by molar-refractivity contribution is -0.0810. The van der Waals surface area contributed by atoms with Gasteiger partial charge < -0.3 is 40.4 Å². The molecule has 0 aliphatic heterocycles. The van der Waals surface area contributed by atoms with Crippen molar-refractivity contribution in [1.29, 1.82) is 0 Å². The maximum absolute atomic E-state index is 13.1. The molecule has 0 heterocycles. The largest absolute Gasteiger partial charge is 0.507 e. The number of aromatic hydroxyl groups is 4. The van der Waals surface area contributed by atoms with Crippen LogP contribution >= 0.6 is 0 Å². The molecule has 8 heteroatoms. The van der Waals surface area contributed by atoms with Crippen molar-refractivity contribution in [2.45, 2.75) is 486 Å². The van der Waals surface area contributed by atoms with Gasteiger partial charge in [0, 0.05) is 70.0 Å². The van der Waals surface area contributed by atoms with Gasteiger partial charge in [0.05, 0.1) is 23.6 Å². The highest BCUT2D eigenvalue weighted by Crippen LogP contribution is 2.72. The number of fused-ring (bicyclic) bond motifs is 8. The van der Waals surface area contributed by atoms with Gasteiger partial charge in [0.15, 0.2) is 0 Å². The Morgan fingerprint density at radius 1 is 0.201 bits per heavy atom. The van der Waals surface area contributed by atoms with Gasteiger partial charge in [0.1, 0.15) is 23.0 Å². The second-order valence-corrected chi connectivity index (χ2v) is 53.5. The normalized spacial score (nSPS) is 23.2. The summed E-state index contributed by atoms with van der Waals surface area (Å²) in [6.45, 7) is 78.4. The fourth-order valence-electron chi connectivity index (χ4n) is 35.7. The maximum atomic E-state index is 13.1. The van der Waals surface area contributed by atoms with Crippen molar-refractivity contribution in [3.8, 4) is 67.5 Å². The molecule has 0 bridgehead atoms. The van der Waals surface area contributed by atoms with Crippen LogP contribution in [0.1, 0.15) is 488 Å². The highest BCUT2D eigenvalue weighted by Gasteiger charge is 2.62. The van der Waals surface area contributed by atoms with Crippen LogP contribution in [0.25, 0.3) is 44.5 Å². The zero-order valence-corrected chi connectivity index (χ0v) is 94.7. The van der Waals surface area contributed by atoms with Crippen molar-refractivity contribution < 1.29 is 30.6 Å². The first-order valence-electron chi connectivity index (χ1n) is 57.2. The SMILES string of the molecule is CCC1(CC)CC(C)(C)c2c1cc1c(c2-c2ccc(N(c3ccc(-c4c5c(cc6c4C(C)(C)CC6(CC)CC)C(CC)(CC)CC5(C)C)cc3)c3cc(O)c(C4C(O)C(c5c(O)cc(N(c6ccc(-c7c8c(cc9c7C(C)(C)CC9(CC)CC)C(CC)(CC)CC8(C)C)cc6)c6ccc(-c7c8c(cc9c7C(C)(C)CC9(CC)CC)C(CC)(CC)CC8(C)C)cc6)cc5O)C4O)c(O)c3)cc2)C(C)(C)CC1(CC)CC. The van der Waals surface area contributed by atoms with E-state index in [9.17, 15) is 30.6 Å². The summed E-state index contributed by atoms with van der Waals surface area (Å²) in [7, 11) is 0. The van der Waals surface area contributed by atoms with Crippen LogP contribution in [0.5, 0.6) is 23.0 Å². The Bertz CT molecular complexity index is 5680. The standard InChI is InChI=1S/C136H178N2O6/c1-33-129(34-2)73-121(17,18)111-91(129)69-92-112(122(19,20)74-130(92,35-3)36-4)103(111)81-49-57-85(58-50-81)137(86-59-51-82(52-60-86)104-113-93(131(37-5,38-6)75-123(113,21)22)70-94-114(104)124(23,24)76-132(94,39-7)40-8)89-65-99(139)107(100(140)66-89)109-119(143)110(120(109)144)108-101(141)67-90(68-102(108)142)138(87-61-53-83(54-62-87)105-115-95(133(41-9,42-10)77-125(115,25)26)71-96-116(105)126(27,28)78-134(96,43-11)44-12)88-63-55-84(56-64-88)106-117-97(135(45-13,46-14)79-127(117,29)30)72-98-118(106)128(31,32)80-136(98,47-15)48-16/h49-72,109-110,119-120,139-144H,33-48,73-80H2,1-32H3. The van der Waals surface area contributed by atoms with Crippen LogP contribution in [-0.2, 0) is 86.6 Å². The van der Waals surface area contributed by atoms with Crippen LogP contribution in [0.4, 0.5) is 34.1 Å². The van der Waals surface area contributed by atoms with Gasteiger partial charge in [0.25, 0.3) is 0 Å². The first-order valence-corrected chi connectivity index (χ1v) is 57.2. The van der Waals surface area contributed by atoms with Gasteiger partial charge in [-0.25, -0.2) is 0 Å². The lowest BCUT2D eigenvalue weighted by Crippen LogP contribution is -2.51. The number of hydrogen-bond acceptors (Lipinski definition) is 8. The highest BCUT2D eigenvalue weighted by molar-refractivity contribution is 5.91. The second kappa shape index (κ2) is 34.8. The Kier molecular flexibility index (Phi) is 25.0. The number of hydrogen-bond donors (Lipinski definition) is 6. The Labute approximate surface area is 868 Å². The number of benzene rings is 10. The quantitative estimate of drug-likeness (QED) is 0.0286. The Morgan fingerprint density at radius 2 is 0.333 bits per heavy atom. The third-order valence-corrected chi connectivity index (χ3v) is 42.9. The summed E-state index contributed by atoms with van der Waals surface area (Å²) in [5.74, 6) is -3.64. The molecule has 19 rings (SSSR count). The molecule has 0 atom stereocenters. The molecule has 9 aliphatic carbocycles. The lowest BCUT2D eigenvalue weighted by atomic mass is 9.62. The number of rotatable bonds is 28. The predicted octanol–water partition coefficient (Wildman–Crippen LogP) is 36.6. The molecule has 10 aromatic rings. The molecule has 768 valence electrons. The second-order valence-electron chi connectivity index (χ2n) is 53.5. The van der Waals surface area contributed by atoms with Crippen LogP contribution in [0.2, 0.25) is 0 Å². The van der Waals surface area contributed by atoms with Gasteiger partial charge in [-0.3, -0.25) is 0 Å². The van der Waals surface area contributed by atoms with Gasteiger partial charge in [-0.15, -0.1) is 0 Å². The molecule has 0 saturated heterocycles. The zero-order chi connectivity index (χ0) is 104. The number of anilines is 6. The van der Waals surface area contributed by atoms with E-state index in [2.05, 4.69) is 353 Å². The van der Waals surface area contributed by atoms with Crippen molar-refractivity contribution in [1.82, 2.24) is 0 Å². The molecule has 0 radical (unpaired) electrons. The van der Waals surface area contributed by atoms with Crippen molar-refractivity contribution in [2.24, 2.45) is 0 Å². The van der Waals surface area contributed by atoms with Crippen LogP contribution in [0.15, 0.2) is 146 Å². The van der Waals surface area contributed by atoms with Crippen molar-refractivity contribution in [2.75, 3.05) is 9.80 Å². The van der Waals surface area contributed by atoms with Crippen LogP contribution in [-0.4, -0.2) is 42.8 Å². The molecular formula is C136H178N2O6. The first-order chi connectivity index (χ1) is 67.8. The molecule has 0 aromatic heterocycles. The summed E-state index contributed by atoms with van der Waals surface area (Å²) in [6, 6.07) is 54.2. The number of phenols is 4. The summed E-state index contributed by atoms with van der Waals surface area (Å²) < 4.78 is 0. The zero-order valence-electron chi connectivity index (χ0n) is 94.7. The summed E-state index contributed by atoms with van der Waals surface area (Å²) >= 11 is 0. The monoisotopic (exact) mass is 1940 g/mol. The van der Waals surface area contributed by atoms with E-state index in [-0.39, 0.29) is 121 Å². The first kappa shape index (κ1) is 103. The lowest BCUT2D eigenvalue weighted by Gasteiger charge is -2.47. The smallest absolute Gasteiger partial charge is 0.125 e. The van der Waals surface area contributed by atoms with E-state index in [4.69, 9.17) is 0 Å². The van der Waals surface area contributed by atoms with Crippen molar-refractivity contribution in [3.63, 3.8) is 0 Å². The van der Waals surface area contributed by atoms with E-state index >= 15 is 0 Å². The topological polar surface area (TPSA) is 128 Å². The van der Waals surface area contributed by atoms with Crippen molar-refractivity contribution >= 4 is 34.1 Å². The van der Waals surface area contributed by atoms with E-state index in [1.54, 1.807) is 24.3 Å². The molecule has 6 N–H and O–H groups in total. The van der Waals surface area contributed by atoms with Gasteiger partial charge in [-0.2, -0.15) is 0 Å². The minimum absolute atomic E-state index is 0.00966. The molecule has 10 aromatic carbocycles. The van der Waals surface area contributed by atoms with E-state index in [1.165, 1.54) is 134 Å². The molecule has 144 heavy (non-hydrogen) atoms. The van der Waals surface area contributed by atoms with Crippen molar-refractivity contribution in [3.05, 3.63) is 246 Å². The Balaban J connectivity index is 0.734. The van der Waals surface area contributed by atoms with Gasteiger partial charge >= 0.3 is 0 Å². The number of aliphatic hydroxyl groups is 2. The molecule has 1 fully saturated rings. The van der Waals surface area contributed by atoms with E-state index < -0.39 is 24.0 Å². The molecule has 8 nitrogen and oxygen atoms in total. The molecule has 0 amide bonds. The number of phenolic OH excluding ortho intramolecular Hbond substituents is 4. The van der Waals surface area contributed by atoms with Crippen LogP contribution in [0.3, 0.4) is 0 Å². The molecule has 1 saturated carbocycles. The molecule has 0 spiro atoms. The van der Waals surface area contributed by atoms with Crippen LogP contribution < -0.4 is 9.80 Å². The summed E-state index contributed by atoms with van der Waals surface area (Å²) in [5, 5.41) is 78.5. The van der Waals surface area contributed by atoms with E-state index in [1.807, 2.05) is 0 Å². The fourth-order valence-corrected chi connectivity index (χ4v) is 35.7. The maximum Gasteiger partial charge on any atom is 0.125 e. The minimum Gasteiger partial charge on any atom is -0.507 e. The van der Waals surface area contributed by atoms with Gasteiger partial charge in [-0.1, -0.05) is 294 Å². The minimum atomic E-state index is -1.48.